The molecule has 2 aliphatic heterocycles. The van der Waals surface area contributed by atoms with E-state index in [-0.39, 0.29) is 48.5 Å². The average molecular weight is 1790 g/mol. The van der Waals surface area contributed by atoms with E-state index in [0.29, 0.717) is 24.3 Å². The number of hydrogen-bond donors (Lipinski definition) is 1. The summed E-state index contributed by atoms with van der Waals surface area (Å²) in [5.41, 5.74) is -50.8. The number of nitrogens with zero attached hydrogens (tertiary/aromatic N) is 2. The summed E-state index contributed by atoms with van der Waals surface area (Å²) in [5.74, 6) is -7.57. The largest absolute Gasteiger partial charge is 0.518 e. The van der Waals surface area contributed by atoms with Crippen LogP contribution in [0, 0.1) is 0 Å². The van der Waals surface area contributed by atoms with Crippen molar-refractivity contribution in [1.29, 1.82) is 0 Å². The fourth-order valence-electron chi connectivity index (χ4n) is 13.2. The third kappa shape index (κ3) is 15.9. The Balaban J connectivity index is 1.28. The standard InChI is InChI=1S/C74H33F30N3O8P2S2/c75-65(76,77)41-17-37(18-42(29-41)66(78,79)80)53-25-33-9-1-5-13-49(33)57-58-50-14-6-2-10-34(50)26-54(38-19-43(67(81,82)83)30-44(20-38)68(84,85)86)62(58)113-116(112-61(53)57,106-118(108,109)73(99,100)101)105-117(107-119(110,111)74(102,103)104)114-63-55(39-21-45(69(87,88)89)31-46(22-39)70(90,91)92)27-35-11-3-7-15-51(35)59(63)60-52-16-8-4-12-36(52)28-56(64(60)115-117)40-23-47(71(93,94)95)32-48(24-40)72(96,97)98/h1-32,105H. The van der Waals surface area contributed by atoms with Gasteiger partial charge in [0.2, 0.25) is 0 Å². The molecule has 0 saturated carbocycles. The van der Waals surface area contributed by atoms with Gasteiger partial charge in [0.1, 0.15) is 23.0 Å². The topological polar surface area (TPSA) is 142 Å². The van der Waals surface area contributed by atoms with Gasteiger partial charge < -0.3 is 18.1 Å². The van der Waals surface area contributed by atoms with E-state index in [4.69, 9.17) is 18.1 Å². The Morgan fingerprint density at radius 1 is 0.244 bits per heavy atom. The molecule has 11 nitrogen and oxygen atoms in total. The van der Waals surface area contributed by atoms with Crippen molar-refractivity contribution in [2.45, 2.75) is 60.4 Å². The molecule has 0 unspecified atom stereocenters. The highest BCUT2D eigenvalue weighted by Crippen LogP contribution is 2.72. The third-order valence-electron chi connectivity index (χ3n) is 18.2. The predicted octanol–water partition coefficient (Wildman–Crippen LogP) is 27.9. The van der Waals surface area contributed by atoms with Crippen molar-refractivity contribution in [3.8, 4) is 89.8 Å². The van der Waals surface area contributed by atoms with Gasteiger partial charge in [0, 0.05) is 44.5 Å². The summed E-state index contributed by atoms with van der Waals surface area (Å²) in [5, 5.41) is -5.26. The Hall–Kier alpha value is -10.9. The molecular formula is C74H33F30N3O8P2S2. The molecule has 2 aliphatic rings. The van der Waals surface area contributed by atoms with Crippen molar-refractivity contribution in [1.82, 2.24) is 4.86 Å². The Morgan fingerprint density at radius 2 is 0.412 bits per heavy atom. The van der Waals surface area contributed by atoms with E-state index in [1.54, 1.807) is 0 Å². The van der Waals surface area contributed by atoms with Gasteiger partial charge in [0.15, 0.2) is 0 Å². The molecule has 0 radical (unpaired) electrons. The molecule has 0 amide bonds. The normalized spacial score (nSPS) is 15.0. The molecule has 0 fully saturated rings. The van der Waals surface area contributed by atoms with Gasteiger partial charge in [0.25, 0.3) is 0 Å². The highest BCUT2D eigenvalue weighted by molar-refractivity contribution is 7.96. The smallest absolute Gasteiger partial charge is 0.417 e. The van der Waals surface area contributed by atoms with Crippen LogP contribution < -0.4 is 23.0 Å². The van der Waals surface area contributed by atoms with Crippen LogP contribution >= 0.6 is 15.3 Å². The Morgan fingerprint density at radius 3 is 0.571 bits per heavy atom. The van der Waals surface area contributed by atoms with Gasteiger partial charge in [-0.15, -0.1) is 4.86 Å². The Kier molecular flexibility index (Phi) is 19.8. The summed E-state index contributed by atoms with van der Waals surface area (Å²) in [6, 6.07) is 12.8. The second-order valence-corrected chi connectivity index (χ2v) is 33.8. The number of benzene rings is 12. The van der Waals surface area contributed by atoms with Crippen molar-refractivity contribution in [3.63, 3.8) is 0 Å². The average Bonchev–Trinajstić information content (AvgIpc) is 1.58. The van der Waals surface area contributed by atoms with E-state index in [2.05, 4.69) is 8.30 Å². The minimum Gasteiger partial charge on any atom is -0.417 e. The Labute approximate surface area is 644 Å². The van der Waals surface area contributed by atoms with Crippen LogP contribution in [0.2, 0.25) is 0 Å². The maximum Gasteiger partial charge on any atom is 0.518 e. The number of rotatable bonds is 8. The van der Waals surface area contributed by atoms with Crippen molar-refractivity contribution < 1.29 is 167 Å². The quantitative estimate of drug-likeness (QED) is 0.116. The van der Waals surface area contributed by atoms with Gasteiger partial charge in [0.05, 0.1) is 44.5 Å². The van der Waals surface area contributed by atoms with E-state index in [0.717, 1.165) is 97.1 Å². The second kappa shape index (κ2) is 27.8. The molecule has 0 spiro atoms. The van der Waals surface area contributed by atoms with Crippen LogP contribution in [-0.4, -0.2) is 27.9 Å². The molecule has 119 heavy (non-hydrogen) atoms. The zero-order valence-corrected chi connectivity index (χ0v) is 60.6. The molecule has 0 bridgehead atoms. The fraction of sp³-hybridized carbons (Fsp3) is 0.135. The predicted molar refractivity (Wildman–Crippen MR) is 370 cm³/mol. The maximum atomic E-state index is 16.1. The van der Waals surface area contributed by atoms with Gasteiger partial charge in [-0.1, -0.05) is 105 Å². The summed E-state index contributed by atoms with van der Waals surface area (Å²) in [6.07, 6.45) is -47.9. The number of hydrogen-bond acceptors (Lipinski definition) is 8. The third-order valence-corrected chi connectivity index (χ3v) is 26.6. The van der Waals surface area contributed by atoms with Crippen molar-refractivity contribution in [3.05, 3.63) is 239 Å². The minimum absolute atomic E-state index is 0.207. The highest BCUT2D eigenvalue weighted by atomic mass is 32.2. The number of sulfonamides is 2. The fourth-order valence-corrected chi connectivity index (χ4v) is 21.5. The molecule has 45 heteroatoms. The van der Waals surface area contributed by atoms with Crippen molar-refractivity contribution in [2.75, 3.05) is 0 Å². The van der Waals surface area contributed by atoms with Gasteiger partial charge in [-0.25, -0.2) is 0 Å². The highest BCUT2D eigenvalue weighted by Gasteiger charge is 2.57. The lowest BCUT2D eigenvalue weighted by Gasteiger charge is -2.32. The molecule has 0 aliphatic carbocycles. The van der Waals surface area contributed by atoms with Crippen LogP contribution in [0.25, 0.3) is 110 Å². The molecule has 624 valence electrons. The van der Waals surface area contributed by atoms with Crippen LogP contribution in [0.15, 0.2) is 202 Å². The first-order chi connectivity index (χ1) is 54.6. The molecule has 1 N–H and O–H groups in total. The van der Waals surface area contributed by atoms with Crippen LogP contribution in [-0.2, 0) is 69.5 Å². The number of halogens is 30. The summed E-state index contributed by atoms with van der Waals surface area (Å²) in [6.45, 7) is 0. The molecule has 12 aromatic carbocycles. The SMILES string of the molecule is O=S(=O)(N=P1(NP2(=NS(=O)(=O)C(F)(F)F)Oc3c(-c4cc(C(F)(F)F)cc(C(F)(F)F)c4)cc4ccccc4c3-c3c(c(-c4cc(C(F)(F)F)cc(C(F)(F)F)c4)cc4ccccc34)O2)Oc2c(-c3cc(C(F)(F)F)cc(C(F)(F)F)c3)cc3ccccc3c2-c2c(c(-c3cc(C(F)(F)F)cc(C(F)(F)F)c3)cc3ccccc23)O1)C(F)(F)F. The molecule has 0 saturated heterocycles. The number of alkyl halides is 30. The van der Waals surface area contributed by atoms with Crippen LogP contribution in [0.4, 0.5) is 132 Å². The van der Waals surface area contributed by atoms with Crippen molar-refractivity contribution in [2.24, 2.45) is 8.30 Å². The second-order valence-electron chi connectivity index (χ2n) is 26.1. The molecule has 14 rings (SSSR count). The summed E-state index contributed by atoms with van der Waals surface area (Å²) in [7, 11) is -32.4. The van der Waals surface area contributed by atoms with Gasteiger partial charge in [-0.2, -0.15) is 149 Å². The zero-order chi connectivity index (χ0) is 87.1. The molecule has 12 aromatic rings. The lowest BCUT2D eigenvalue weighted by Crippen LogP contribution is -2.28. The van der Waals surface area contributed by atoms with E-state index >= 15 is 132 Å². The first-order valence-corrected chi connectivity index (χ1v) is 38.6. The van der Waals surface area contributed by atoms with E-state index in [1.165, 1.54) is 4.86 Å². The molecule has 2 heterocycles. The zero-order valence-electron chi connectivity index (χ0n) is 57.2. The molecule has 0 aromatic heterocycles. The van der Waals surface area contributed by atoms with Gasteiger partial charge in [-0.05, 0) is 162 Å². The first kappa shape index (κ1) is 84.6. The van der Waals surface area contributed by atoms with Crippen LogP contribution in [0.5, 0.6) is 23.0 Å². The monoisotopic (exact) mass is 1790 g/mol. The first-order valence-electron chi connectivity index (χ1n) is 32.6. The number of fused-ring (bicyclic) bond motifs is 14. The van der Waals surface area contributed by atoms with Crippen LogP contribution in [0.1, 0.15) is 44.5 Å². The summed E-state index contributed by atoms with van der Waals surface area (Å²) >= 11 is 0. The van der Waals surface area contributed by atoms with Crippen LogP contribution in [0.3, 0.4) is 0 Å². The van der Waals surface area contributed by atoms with Gasteiger partial charge >= 0.3 is 95.8 Å². The van der Waals surface area contributed by atoms with E-state index in [1.807, 2.05) is 0 Å². The summed E-state index contributed by atoms with van der Waals surface area (Å²) < 4.78 is 553. The lowest BCUT2D eigenvalue weighted by molar-refractivity contribution is -0.144. The molecule has 0 atom stereocenters. The van der Waals surface area contributed by atoms with Crippen molar-refractivity contribution >= 4 is 78.5 Å². The summed E-state index contributed by atoms with van der Waals surface area (Å²) in [4.78, 5) is 1.38. The molecular weight excluding hydrogens is 1750 g/mol. The number of nitrogens with one attached hydrogen (secondary N) is 1. The Bertz CT molecular complexity index is 5780. The van der Waals surface area contributed by atoms with E-state index < -0.39 is 297 Å². The lowest BCUT2D eigenvalue weighted by atomic mass is 9.85. The maximum absolute atomic E-state index is 16.1. The van der Waals surface area contributed by atoms with E-state index in [9.17, 15) is 16.8 Å². The minimum atomic E-state index is -8.20. The van der Waals surface area contributed by atoms with Gasteiger partial charge in [-0.3, -0.25) is 0 Å².